The molecule has 0 aromatic carbocycles. The van der Waals surface area contributed by atoms with E-state index < -0.39 is 5.97 Å². The Morgan fingerprint density at radius 3 is 2.29 bits per heavy atom. The van der Waals surface area contributed by atoms with Crippen LogP contribution in [0.3, 0.4) is 0 Å². The Morgan fingerprint density at radius 1 is 1.21 bits per heavy atom. The van der Waals surface area contributed by atoms with Crippen molar-refractivity contribution < 1.29 is 9.90 Å². The number of carbonyl (C=O) groups is 1. The van der Waals surface area contributed by atoms with Gasteiger partial charge in [-0.1, -0.05) is 13.8 Å². The number of aliphatic carboxylic acids is 1. The van der Waals surface area contributed by atoms with Crippen molar-refractivity contribution in [3.63, 3.8) is 0 Å². The molecule has 0 saturated carbocycles. The zero-order chi connectivity index (χ0) is 8.81. The summed E-state index contributed by atoms with van der Waals surface area (Å²) in [5.74, 6) is -0.674. The predicted molar refractivity (Wildman–Crippen MR) is 61.1 cm³/mol. The zero-order valence-electron chi connectivity index (χ0n) is 7.87. The van der Waals surface area contributed by atoms with Crippen LogP contribution in [-0.4, -0.2) is 35.6 Å². The zero-order valence-corrected chi connectivity index (χ0v) is 8.68. The number of hydrogen-bond acceptors (Lipinski definition) is 2. The first-order chi connectivity index (χ1) is 5.79. The molecular weight excluding hydrogens is 202 g/mol. The van der Waals surface area contributed by atoms with Crippen molar-refractivity contribution in [1.29, 1.82) is 0 Å². The van der Waals surface area contributed by atoms with Crippen molar-refractivity contribution in [2.75, 3.05) is 19.6 Å². The summed E-state index contributed by atoms with van der Waals surface area (Å²) < 4.78 is 0. The highest BCUT2D eigenvalue weighted by Crippen LogP contribution is 2.09. The van der Waals surface area contributed by atoms with E-state index in [4.69, 9.17) is 5.11 Å². The van der Waals surface area contributed by atoms with Crippen LogP contribution in [0.15, 0.2) is 0 Å². The fraction of sp³-hybridized carbons (Fsp3) is 0.900. The van der Waals surface area contributed by atoms with E-state index in [0.717, 1.165) is 13.0 Å². The van der Waals surface area contributed by atoms with Crippen LogP contribution in [0.25, 0.3) is 0 Å². The molecule has 1 rings (SSSR count). The van der Waals surface area contributed by atoms with Gasteiger partial charge in [-0.25, -0.2) is 0 Å². The summed E-state index contributed by atoms with van der Waals surface area (Å²) >= 11 is 0. The fourth-order valence-electron chi connectivity index (χ4n) is 1.64. The molecule has 14 heavy (non-hydrogen) atoms. The molecule has 0 atom stereocenters. The first-order valence-corrected chi connectivity index (χ1v) is 4.73. The molecule has 1 N–H and O–H groups in total. The lowest BCUT2D eigenvalue weighted by Gasteiger charge is -2.25. The van der Waals surface area contributed by atoms with E-state index in [1.165, 1.54) is 32.4 Å². The molecule has 0 unspecified atom stereocenters. The minimum Gasteiger partial charge on any atom is -0.481 e. The third kappa shape index (κ3) is 7.15. The third-order valence-corrected chi connectivity index (χ3v) is 2.31. The van der Waals surface area contributed by atoms with E-state index in [1.54, 1.807) is 0 Å². The summed E-state index contributed by atoms with van der Waals surface area (Å²) in [5, 5.41) is 8.42. The third-order valence-electron chi connectivity index (χ3n) is 2.31. The molecule has 0 aromatic rings. The minimum atomic E-state index is -0.674. The summed E-state index contributed by atoms with van der Waals surface area (Å²) in [6.45, 7) is 3.30. The molecule has 0 aliphatic carbocycles. The highest BCUT2D eigenvalue weighted by molar-refractivity contribution is 5.85. The van der Waals surface area contributed by atoms with E-state index in [0.29, 0.717) is 6.42 Å². The number of piperidine rings is 1. The van der Waals surface area contributed by atoms with Crippen LogP contribution in [0.4, 0.5) is 0 Å². The fourth-order valence-corrected chi connectivity index (χ4v) is 1.64. The average molecular weight is 224 g/mol. The molecule has 86 valence electrons. The van der Waals surface area contributed by atoms with Crippen LogP contribution < -0.4 is 0 Å². The van der Waals surface area contributed by atoms with Gasteiger partial charge in [0, 0.05) is 6.42 Å². The van der Waals surface area contributed by atoms with Crippen LogP contribution in [0, 0.1) is 0 Å². The summed E-state index contributed by atoms with van der Waals surface area (Å²) in [7, 11) is 0. The van der Waals surface area contributed by atoms with Crippen LogP contribution in [0.2, 0.25) is 0 Å². The monoisotopic (exact) mass is 223 g/mol. The minimum absolute atomic E-state index is 0. The van der Waals surface area contributed by atoms with Crippen molar-refractivity contribution >= 4 is 18.4 Å². The molecule has 1 fully saturated rings. The Balaban J connectivity index is 0. The van der Waals surface area contributed by atoms with Crippen LogP contribution in [0.1, 0.15) is 39.5 Å². The number of likely N-dealkylation sites (tertiary alicyclic amines) is 1. The van der Waals surface area contributed by atoms with Crippen molar-refractivity contribution in [2.24, 2.45) is 0 Å². The number of nitrogens with zero attached hydrogens (tertiary/aromatic N) is 1. The molecule has 1 aliphatic heterocycles. The van der Waals surface area contributed by atoms with Gasteiger partial charge in [-0.2, -0.15) is 0 Å². The second-order valence-corrected chi connectivity index (χ2v) is 3.40. The molecule has 4 heteroatoms. The summed E-state index contributed by atoms with van der Waals surface area (Å²) in [5.41, 5.74) is 0. The first kappa shape index (κ1) is 16.2. The van der Waals surface area contributed by atoms with Crippen molar-refractivity contribution in [3.05, 3.63) is 0 Å². The van der Waals surface area contributed by atoms with E-state index in [9.17, 15) is 4.79 Å². The van der Waals surface area contributed by atoms with Gasteiger partial charge in [0.25, 0.3) is 0 Å². The Hall–Kier alpha value is -0.280. The maximum Gasteiger partial charge on any atom is 0.303 e. The Morgan fingerprint density at radius 2 is 1.79 bits per heavy atom. The highest BCUT2D eigenvalue weighted by Gasteiger charge is 2.09. The van der Waals surface area contributed by atoms with Gasteiger partial charge in [-0.05, 0) is 38.9 Å². The molecule has 0 spiro atoms. The maximum absolute atomic E-state index is 10.2. The first-order valence-electron chi connectivity index (χ1n) is 4.73. The highest BCUT2D eigenvalue weighted by atomic mass is 35.5. The molecule has 1 saturated heterocycles. The van der Waals surface area contributed by atoms with Gasteiger partial charge < -0.3 is 10.0 Å². The number of carboxylic acid groups (broad SMARTS) is 1. The topological polar surface area (TPSA) is 40.5 Å². The van der Waals surface area contributed by atoms with Gasteiger partial charge in [-0.3, -0.25) is 4.79 Å². The summed E-state index contributed by atoms with van der Waals surface area (Å²) in [4.78, 5) is 12.6. The SMILES string of the molecule is C.Cl.O=C(O)CCCN1CCCCC1. The quantitative estimate of drug-likeness (QED) is 0.796. The van der Waals surface area contributed by atoms with Crippen LogP contribution in [-0.2, 0) is 4.79 Å². The van der Waals surface area contributed by atoms with Gasteiger partial charge in [0.1, 0.15) is 0 Å². The summed E-state index contributed by atoms with van der Waals surface area (Å²) in [6, 6.07) is 0. The average Bonchev–Trinajstić information content (AvgIpc) is 2.05. The number of hydrogen-bond donors (Lipinski definition) is 1. The van der Waals surface area contributed by atoms with Gasteiger partial charge in [-0.15, -0.1) is 12.4 Å². The molecule has 0 amide bonds. The lowest BCUT2D eigenvalue weighted by molar-refractivity contribution is -0.137. The Labute approximate surface area is 92.9 Å². The Kier molecular flexibility index (Phi) is 10.7. The largest absolute Gasteiger partial charge is 0.481 e. The van der Waals surface area contributed by atoms with Gasteiger partial charge in [0.2, 0.25) is 0 Å². The molecule has 1 heterocycles. The smallest absolute Gasteiger partial charge is 0.303 e. The molecule has 0 radical (unpaired) electrons. The Bertz CT molecular complexity index is 147. The van der Waals surface area contributed by atoms with Crippen molar-refractivity contribution in [1.82, 2.24) is 4.90 Å². The standard InChI is InChI=1S/C9H17NO2.CH4.ClH/c11-9(12)5-4-8-10-6-2-1-3-7-10;;/h1-8H2,(H,11,12);1H4;1H. The lowest BCUT2D eigenvalue weighted by Crippen LogP contribution is -2.30. The van der Waals surface area contributed by atoms with Gasteiger partial charge in [0.05, 0.1) is 0 Å². The van der Waals surface area contributed by atoms with Crippen molar-refractivity contribution in [2.45, 2.75) is 39.5 Å². The van der Waals surface area contributed by atoms with E-state index in [1.807, 2.05) is 0 Å². The predicted octanol–water partition coefficient (Wildman–Crippen LogP) is 2.40. The van der Waals surface area contributed by atoms with Crippen molar-refractivity contribution in [3.8, 4) is 0 Å². The molecule has 0 aromatic heterocycles. The second-order valence-electron chi connectivity index (χ2n) is 3.40. The van der Waals surface area contributed by atoms with Crippen LogP contribution >= 0.6 is 12.4 Å². The molecule has 1 aliphatic rings. The molecular formula is C10H22ClNO2. The number of carboxylic acids is 1. The van der Waals surface area contributed by atoms with E-state index in [2.05, 4.69) is 4.90 Å². The molecule has 3 nitrogen and oxygen atoms in total. The van der Waals surface area contributed by atoms with Gasteiger partial charge in [0.15, 0.2) is 0 Å². The van der Waals surface area contributed by atoms with E-state index in [-0.39, 0.29) is 19.8 Å². The van der Waals surface area contributed by atoms with Gasteiger partial charge >= 0.3 is 5.97 Å². The maximum atomic E-state index is 10.2. The lowest BCUT2D eigenvalue weighted by atomic mass is 10.1. The molecule has 0 bridgehead atoms. The second kappa shape index (κ2) is 9.28. The summed E-state index contributed by atoms with van der Waals surface area (Å²) in [6.07, 6.45) is 5.03. The normalized spacial score (nSPS) is 16.6. The van der Waals surface area contributed by atoms with E-state index >= 15 is 0 Å². The van der Waals surface area contributed by atoms with Crippen LogP contribution in [0.5, 0.6) is 0 Å². The number of halogens is 1. The number of rotatable bonds is 4.